The normalized spacial score (nSPS) is 20.6. The average Bonchev–Trinajstić information content (AvgIpc) is 2.80. The molecule has 1 aliphatic carbocycles. The molecule has 6 heteroatoms. The minimum absolute atomic E-state index is 0.0582. The Bertz CT molecular complexity index is 913. The lowest BCUT2D eigenvalue weighted by Gasteiger charge is -2.35. The van der Waals surface area contributed by atoms with Gasteiger partial charge in [0.1, 0.15) is 11.7 Å². The van der Waals surface area contributed by atoms with Crippen molar-refractivity contribution in [3.05, 3.63) is 71.8 Å². The van der Waals surface area contributed by atoms with Gasteiger partial charge in [-0.1, -0.05) is 60.7 Å². The number of carbonyl (C=O) groups excluding carboxylic acids is 3. The molecule has 0 radical (unpaired) electrons. The summed E-state index contributed by atoms with van der Waals surface area (Å²) in [5.74, 6) is -2.40. The first kappa shape index (κ1) is 22.4. The molecular formula is C25H27NO5. The van der Waals surface area contributed by atoms with E-state index in [4.69, 9.17) is 14.5 Å². The van der Waals surface area contributed by atoms with Crippen molar-refractivity contribution in [1.82, 2.24) is 0 Å². The van der Waals surface area contributed by atoms with Crippen molar-refractivity contribution >= 4 is 23.4 Å². The molecule has 31 heavy (non-hydrogen) atoms. The molecule has 0 heterocycles. The summed E-state index contributed by atoms with van der Waals surface area (Å²) in [5.41, 5.74) is 0.942. The van der Waals surface area contributed by atoms with Crippen molar-refractivity contribution in [3.8, 4) is 0 Å². The number of hydrogen-bond donors (Lipinski definition) is 0. The van der Waals surface area contributed by atoms with E-state index >= 15 is 0 Å². The third-order valence-corrected chi connectivity index (χ3v) is 5.36. The van der Waals surface area contributed by atoms with Crippen LogP contribution in [-0.2, 0) is 23.9 Å². The number of ether oxygens (including phenoxy) is 2. The van der Waals surface area contributed by atoms with E-state index in [1.165, 1.54) is 0 Å². The number of rotatable bonds is 7. The predicted octanol–water partition coefficient (Wildman–Crippen LogP) is 3.76. The van der Waals surface area contributed by atoms with Crippen LogP contribution in [0.25, 0.3) is 0 Å². The fourth-order valence-corrected chi connectivity index (χ4v) is 3.82. The molecule has 0 N–H and O–H groups in total. The smallest absolute Gasteiger partial charge is 0.334 e. The van der Waals surface area contributed by atoms with E-state index in [2.05, 4.69) is 0 Å². The van der Waals surface area contributed by atoms with Crippen LogP contribution in [0.3, 0.4) is 0 Å². The van der Waals surface area contributed by atoms with Gasteiger partial charge in [-0.2, -0.15) is 0 Å². The third kappa shape index (κ3) is 5.08. The maximum atomic E-state index is 13.2. The van der Waals surface area contributed by atoms with Gasteiger partial charge in [0, 0.05) is 24.0 Å². The van der Waals surface area contributed by atoms with E-state index in [1.54, 1.807) is 13.8 Å². The van der Waals surface area contributed by atoms with E-state index in [9.17, 15) is 14.4 Å². The average molecular weight is 421 g/mol. The standard InChI is InChI=1S/C25H27NO5/c1-3-30-23(28)20-17-25(16-15-21(20)27,24(29)31-4-2)26-22(18-11-7-5-8-12-18)19-13-9-6-10-14-19/h5-14,20H,3-4,15-17H2,1-2H3. The Kier molecular flexibility index (Phi) is 7.34. The fraction of sp³-hybridized carbons (Fsp3) is 0.360. The van der Waals surface area contributed by atoms with Crippen LogP contribution in [0.2, 0.25) is 0 Å². The van der Waals surface area contributed by atoms with Gasteiger partial charge in [-0.3, -0.25) is 14.6 Å². The number of hydrogen-bond acceptors (Lipinski definition) is 6. The van der Waals surface area contributed by atoms with Gasteiger partial charge in [0.2, 0.25) is 0 Å². The predicted molar refractivity (Wildman–Crippen MR) is 117 cm³/mol. The number of carbonyl (C=O) groups is 3. The summed E-state index contributed by atoms with van der Waals surface area (Å²) in [6.07, 6.45) is 0.180. The molecule has 0 amide bonds. The topological polar surface area (TPSA) is 82.0 Å². The summed E-state index contributed by atoms with van der Waals surface area (Å²) in [5, 5.41) is 0. The van der Waals surface area contributed by atoms with Crippen LogP contribution in [0.1, 0.15) is 44.2 Å². The molecule has 1 fully saturated rings. The highest BCUT2D eigenvalue weighted by molar-refractivity contribution is 6.14. The second-order valence-electron chi connectivity index (χ2n) is 7.42. The Morgan fingerprint density at radius 3 is 2.00 bits per heavy atom. The second kappa shape index (κ2) is 10.2. The van der Waals surface area contributed by atoms with E-state index in [1.807, 2.05) is 60.7 Å². The molecule has 2 atom stereocenters. The van der Waals surface area contributed by atoms with Gasteiger partial charge in [0.15, 0.2) is 5.54 Å². The minimum atomic E-state index is -1.34. The molecule has 0 spiro atoms. The molecule has 0 aliphatic heterocycles. The highest BCUT2D eigenvalue weighted by Crippen LogP contribution is 2.37. The van der Waals surface area contributed by atoms with Crippen LogP contribution < -0.4 is 0 Å². The van der Waals surface area contributed by atoms with Crippen molar-refractivity contribution < 1.29 is 23.9 Å². The summed E-state index contributed by atoms with van der Waals surface area (Å²) in [6.45, 7) is 3.75. The van der Waals surface area contributed by atoms with E-state index in [0.717, 1.165) is 11.1 Å². The first-order valence-corrected chi connectivity index (χ1v) is 10.6. The summed E-state index contributed by atoms with van der Waals surface area (Å²) in [6, 6.07) is 19.1. The van der Waals surface area contributed by atoms with Gasteiger partial charge >= 0.3 is 11.9 Å². The number of ketones is 1. The lowest BCUT2D eigenvalue weighted by Crippen LogP contribution is -2.48. The molecular weight excluding hydrogens is 394 g/mol. The first-order chi connectivity index (χ1) is 15.0. The Morgan fingerprint density at radius 1 is 0.935 bits per heavy atom. The summed E-state index contributed by atoms with van der Waals surface area (Å²) in [7, 11) is 0. The fourth-order valence-electron chi connectivity index (χ4n) is 3.82. The Hall–Kier alpha value is -3.28. The molecule has 2 unspecified atom stereocenters. The van der Waals surface area contributed by atoms with Crippen molar-refractivity contribution in [1.29, 1.82) is 0 Å². The monoisotopic (exact) mass is 421 g/mol. The van der Waals surface area contributed by atoms with Gasteiger partial charge in [-0.25, -0.2) is 4.79 Å². The molecule has 0 saturated heterocycles. The van der Waals surface area contributed by atoms with Crippen molar-refractivity contribution in [2.24, 2.45) is 10.9 Å². The molecule has 2 aromatic rings. The summed E-state index contributed by atoms with van der Waals surface area (Å²) < 4.78 is 10.5. The highest BCUT2D eigenvalue weighted by Gasteiger charge is 2.50. The molecule has 0 bridgehead atoms. The Balaban J connectivity index is 2.14. The minimum Gasteiger partial charge on any atom is -0.465 e. The second-order valence-corrected chi connectivity index (χ2v) is 7.42. The quantitative estimate of drug-likeness (QED) is 0.386. The maximum absolute atomic E-state index is 13.2. The van der Waals surface area contributed by atoms with Crippen molar-refractivity contribution in [2.45, 2.75) is 38.6 Å². The van der Waals surface area contributed by atoms with E-state index in [0.29, 0.717) is 5.71 Å². The zero-order valence-corrected chi connectivity index (χ0v) is 17.9. The highest BCUT2D eigenvalue weighted by atomic mass is 16.5. The Labute approximate surface area is 182 Å². The number of aliphatic imine (C=N–C) groups is 1. The van der Waals surface area contributed by atoms with Gasteiger partial charge in [-0.05, 0) is 20.3 Å². The van der Waals surface area contributed by atoms with Crippen LogP contribution in [0, 0.1) is 5.92 Å². The zero-order chi connectivity index (χ0) is 22.3. The Morgan fingerprint density at radius 2 is 1.48 bits per heavy atom. The lowest BCUT2D eigenvalue weighted by molar-refractivity contribution is -0.158. The van der Waals surface area contributed by atoms with Gasteiger partial charge in [-0.15, -0.1) is 0 Å². The number of benzene rings is 2. The molecule has 162 valence electrons. The van der Waals surface area contributed by atoms with Gasteiger partial charge in [0.25, 0.3) is 0 Å². The van der Waals surface area contributed by atoms with Crippen LogP contribution in [0.5, 0.6) is 0 Å². The van der Waals surface area contributed by atoms with Crippen LogP contribution in [0.15, 0.2) is 65.7 Å². The van der Waals surface area contributed by atoms with Gasteiger partial charge in [0.05, 0.1) is 18.9 Å². The van der Waals surface area contributed by atoms with Crippen LogP contribution >= 0.6 is 0 Å². The number of nitrogens with zero attached hydrogens (tertiary/aromatic N) is 1. The molecule has 2 aromatic carbocycles. The first-order valence-electron chi connectivity index (χ1n) is 10.6. The van der Waals surface area contributed by atoms with Crippen molar-refractivity contribution in [2.75, 3.05) is 13.2 Å². The largest absolute Gasteiger partial charge is 0.465 e. The van der Waals surface area contributed by atoms with E-state index in [-0.39, 0.29) is 38.3 Å². The third-order valence-electron chi connectivity index (χ3n) is 5.36. The molecule has 1 saturated carbocycles. The summed E-state index contributed by atoms with van der Waals surface area (Å²) >= 11 is 0. The summed E-state index contributed by atoms with van der Waals surface area (Å²) in [4.78, 5) is 43.1. The molecule has 6 nitrogen and oxygen atoms in total. The molecule has 1 aliphatic rings. The van der Waals surface area contributed by atoms with Crippen LogP contribution in [-0.4, -0.2) is 42.2 Å². The maximum Gasteiger partial charge on any atom is 0.334 e. The molecule has 3 rings (SSSR count). The lowest BCUT2D eigenvalue weighted by atomic mass is 9.74. The number of Topliss-reactive ketones (excluding diaryl/α,β-unsaturated/α-hetero) is 1. The van der Waals surface area contributed by atoms with Crippen LogP contribution in [0.4, 0.5) is 0 Å². The SMILES string of the molecule is CCOC(=O)C1CC(N=C(c2ccccc2)c2ccccc2)(C(=O)OCC)CCC1=O. The molecule has 0 aromatic heterocycles. The van der Waals surface area contributed by atoms with Crippen molar-refractivity contribution in [3.63, 3.8) is 0 Å². The van der Waals surface area contributed by atoms with E-state index < -0.39 is 23.4 Å². The number of esters is 2. The zero-order valence-electron chi connectivity index (χ0n) is 17.9. The van der Waals surface area contributed by atoms with Gasteiger partial charge < -0.3 is 9.47 Å².